The Morgan fingerprint density at radius 3 is 2.32 bits per heavy atom. The number of benzene rings is 2. The molecule has 0 atom stereocenters. The van der Waals surface area contributed by atoms with Crippen LogP contribution in [0, 0.1) is 0 Å². The second-order valence-electron chi connectivity index (χ2n) is 4.40. The van der Waals surface area contributed by atoms with Crippen molar-refractivity contribution in [1.82, 2.24) is 0 Å². The Morgan fingerprint density at radius 1 is 0.947 bits per heavy atom. The Bertz CT molecular complexity index is 577. The maximum atomic E-state index is 4.89. The molecule has 19 heavy (non-hydrogen) atoms. The standard InChI is InChI=1S/C16H14.2ClH.Ti/c1-12-7-8-14-9-10-15(11-16(12)14)13-5-3-2-4-6-13;;;/h2-7,9-11H,8H2,1H3;2*1H;/q;;;+2/p-2. The molecule has 0 heterocycles. The Labute approximate surface area is 131 Å². The van der Waals surface area contributed by atoms with Crippen molar-refractivity contribution in [1.29, 1.82) is 0 Å². The van der Waals surface area contributed by atoms with E-state index in [2.05, 4.69) is 61.5 Å². The van der Waals surface area contributed by atoms with Gasteiger partial charge in [0.2, 0.25) is 0 Å². The summed E-state index contributed by atoms with van der Waals surface area (Å²) in [6, 6.07) is 17.3. The fraction of sp³-hybridized carbons (Fsp3) is 0.125. The third-order valence-corrected chi connectivity index (χ3v) is 3.27. The SMILES string of the molecule is CC1=CCc2ccc(-c3ccccc3)cc21.[Cl][Ti][Cl]. The summed E-state index contributed by atoms with van der Waals surface area (Å²) < 4.78 is 0. The molecule has 0 N–H and O–H groups in total. The van der Waals surface area contributed by atoms with Gasteiger partial charge in [0.05, 0.1) is 0 Å². The molecule has 0 fully saturated rings. The van der Waals surface area contributed by atoms with Crippen molar-refractivity contribution in [2.24, 2.45) is 0 Å². The van der Waals surface area contributed by atoms with Gasteiger partial charge in [0.25, 0.3) is 0 Å². The fourth-order valence-corrected chi connectivity index (χ4v) is 2.30. The molecule has 0 saturated carbocycles. The molecule has 0 radical (unpaired) electrons. The molecular formula is C16H14Cl2Ti. The van der Waals surface area contributed by atoms with E-state index in [0.29, 0.717) is 0 Å². The third kappa shape index (κ3) is 3.73. The van der Waals surface area contributed by atoms with Crippen LogP contribution >= 0.6 is 18.6 Å². The molecule has 2 aromatic carbocycles. The minimum absolute atomic E-state index is 0.556. The summed E-state index contributed by atoms with van der Waals surface area (Å²) in [6.45, 7) is 2.20. The predicted octanol–water partition coefficient (Wildman–Crippen LogP) is 5.69. The van der Waals surface area contributed by atoms with Gasteiger partial charge in [0.1, 0.15) is 0 Å². The van der Waals surface area contributed by atoms with Gasteiger partial charge in [-0.15, -0.1) is 0 Å². The summed E-state index contributed by atoms with van der Waals surface area (Å²) in [5.74, 6) is 0. The van der Waals surface area contributed by atoms with Crippen LogP contribution in [0.2, 0.25) is 0 Å². The normalized spacial score (nSPS) is 12.1. The van der Waals surface area contributed by atoms with Gasteiger partial charge < -0.3 is 0 Å². The molecule has 2 aromatic rings. The predicted molar refractivity (Wildman–Crippen MR) is 80.9 cm³/mol. The summed E-state index contributed by atoms with van der Waals surface area (Å²) in [6.07, 6.45) is 3.40. The van der Waals surface area contributed by atoms with Crippen molar-refractivity contribution in [2.45, 2.75) is 13.3 Å². The molecule has 0 bridgehead atoms. The van der Waals surface area contributed by atoms with Crippen LogP contribution in [-0.2, 0) is 23.5 Å². The maximum absolute atomic E-state index is 4.89. The monoisotopic (exact) mass is 324 g/mol. The van der Waals surface area contributed by atoms with Crippen molar-refractivity contribution in [2.75, 3.05) is 0 Å². The van der Waals surface area contributed by atoms with E-state index in [4.69, 9.17) is 18.6 Å². The third-order valence-electron chi connectivity index (χ3n) is 3.27. The zero-order chi connectivity index (χ0) is 13.7. The summed E-state index contributed by atoms with van der Waals surface area (Å²) in [4.78, 5) is 0. The second-order valence-corrected chi connectivity index (χ2v) is 6.98. The summed E-state index contributed by atoms with van der Waals surface area (Å²) in [5, 5.41) is 0. The number of hydrogen-bond acceptors (Lipinski definition) is 0. The number of halogens is 2. The van der Waals surface area contributed by atoms with Crippen LogP contribution in [0.25, 0.3) is 16.7 Å². The zero-order valence-corrected chi connectivity index (χ0v) is 13.7. The van der Waals surface area contributed by atoms with Crippen molar-refractivity contribution in [3.05, 3.63) is 65.7 Å². The van der Waals surface area contributed by atoms with E-state index in [1.165, 1.54) is 27.8 Å². The van der Waals surface area contributed by atoms with E-state index >= 15 is 0 Å². The summed E-state index contributed by atoms with van der Waals surface area (Å²) in [5.41, 5.74) is 6.89. The van der Waals surface area contributed by atoms with Crippen LogP contribution in [0.3, 0.4) is 0 Å². The van der Waals surface area contributed by atoms with Gasteiger partial charge in [0, 0.05) is 0 Å². The topological polar surface area (TPSA) is 0 Å². The quantitative estimate of drug-likeness (QED) is 0.591. The molecule has 3 rings (SSSR count). The molecule has 96 valence electrons. The van der Waals surface area contributed by atoms with Gasteiger partial charge >= 0.3 is 35.6 Å². The molecule has 1 aliphatic carbocycles. The van der Waals surface area contributed by atoms with Gasteiger partial charge in [-0.1, -0.05) is 48.5 Å². The number of rotatable bonds is 1. The van der Waals surface area contributed by atoms with Crippen LogP contribution < -0.4 is 0 Å². The van der Waals surface area contributed by atoms with Crippen molar-refractivity contribution in [3.63, 3.8) is 0 Å². The van der Waals surface area contributed by atoms with Gasteiger partial charge in [-0.05, 0) is 47.2 Å². The van der Waals surface area contributed by atoms with Crippen LogP contribution in [0.5, 0.6) is 0 Å². The number of allylic oxidation sites excluding steroid dienone is 2. The average Bonchev–Trinajstić information content (AvgIpc) is 2.82. The summed E-state index contributed by atoms with van der Waals surface area (Å²) >= 11 is -0.556. The first-order valence-electron chi connectivity index (χ1n) is 6.08. The Morgan fingerprint density at radius 2 is 1.63 bits per heavy atom. The first-order valence-corrected chi connectivity index (χ1v) is 10.4. The van der Waals surface area contributed by atoms with Crippen molar-refractivity contribution < 1.29 is 17.0 Å². The van der Waals surface area contributed by atoms with Crippen LogP contribution in [0.15, 0.2) is 54.6 Å². The molecule has 0 saturated heterocycles. The zero-order valence-electron chi connectivity index (χ0n) is 10.7. The van der Waals surface area contributed by atoms with Crippen LogP contribution in [0.1, 0.15) is 18.1 Å². The molecule has 3 heteroatoms. The second kappa shape index (κ2) is 7.31. The minimum atomic E-state index is -0.556. The molecule has 0 aliphatic heterocycles. The van der Waals surface area contributed by atoms with E-state index in [9.17, 15) is 0 Å². The Hall–Kier alpha value is -0.526. The van der Waals surface area contributed by atoms with Crippen LogP contribution in [0.4, 0.5) is 0 Å². The molecule has 0 amide bonds. The molecular weight excluding hydrogens is 311 g/mol. The van der Waals surface area contributed by atoms with Crippen molar-refractivity contribution in [3.8, 4) is 11.1 Å². The van der Waals surface area contributed by atoms with E-state index in [1.54, 1.807) is 0 Å². The molecule has 0 aromatic heterocycles. The number of fused-ring (bicyclic) bond motifs is 1. The molecule has 0 nitrogen and oxygen atoms in total. The molecule has 1 aliphatic rings. The van der Waals surface area contributed by atoms with Gasteiger partial charge in [0.15, 0.2) is 0 Å². The Kier molecular flexibility index (Phi) is 5.72. The Balaban J connectivity index is 0.000000408. The van der Waals surface area contributed by atoms with E-state index in [-0.39, 0.29) is 0 Å². The van der Waals surface area contributed by atoms with Crippen LogP contribution in [-0.4, -0.2) is 0 Å². The van der Waals surface area contributed by atoms with E-state index in [1.807, 2.05) is 0 Å². The molecule has 0 unspecified atom stereocenters. The number of hydrogen-bond donors (Lipinski definition) is 0. The van der Waals surface area contributed by atoms with E-state index < -0.39 is 17.0 Å². The van der Waals surface area contributed by atoms with Crippen molar-refractivity contribution >= 4 is 24.2 Å². The van der Waals surface area contributed by atoms with Gasteiger partial charge in [-0.3, -0.25) is 0 Å². The fourth-order valence-electron chi connectivity index (χ4n) is 2.30. The average molecular weight is 325 g/mol. The van der Waals surface area contributed by atoms with Gasteiger partial charge in [-0.25, -0.2) is 0 Å². The first-order chi connectivity index (χ1) is 9.26. The summed E-state index contributed by atoms with van der Waals surface area (Å²) in [7, 11) is 9.78. The first kappa shape index (κ1) is 14.9. The molecule has 0 spiro atoms. The van der Waals surface area contributed by atoms with E-state index in [0.717, 1.165) is 6.42 Å². The van der Waals surface area contributed by atoms with Gasteiger partial charge in [-0.2, -0.15) is 0 Å².